The summed E-state index contributed by atoms with van der Waals surface area (Å²) in [6.45, 7) is 12.3. The molecule has 0 aromatic rings. The van der Waals surface area contributed by atoms with E-state index in [9.17, 15) is 0 Å². The Bertz CT molecular complexity index is 141. The molecular weight excluding hydrogens is 160 g/mol. The summed E-state index contributed by atoms with van der Waals surface area (Å²) in [6, 6.07) is 0. The van der Waals surface area contributed by atoms with Crippen molar-refractivity contribution in [1.29, 1.82) is 0 Å². The second-order valence-corrected chi connectivity index (χ2v) is 3.62. The van der Waals surface area contributed by atoms with Gasteiger partial charge in [0, 0.05) is 12.5 Å². The van der Waals surface area contributed by atoms with Crippen molar-refractivity contribution in [2.75, 3.05) is 13.2 Å². The molecule has 1 rings (SSSR count). The summed E-state index contributed by atoms with van der Waals surface area (Å²) in [5.41, 5.74) is 0. The van der Waals surface area contributed by atoms with E-state index in [1.165, 1.54) is 29.6 Å². The van der Waals surface area contributed by atoms with Gasteiger partial charge >= 0.3 is 0 Å². The Morgan fingerprint density at radius 2 is 1.31 bits per heavy atom. The van der Waals surface area contributed by atoms with Crippen molar-refractivity contribution < 1.29 is 4.74 Å². The molecule has 1 saturated carbocycles. The maximum atomic E-state index is 5.45. The van der Waals surface area contributed by atoms with E-state index >= 15 is 0 Å². The van der Waals surface area contributed by atoms with Crippen LogP contribution in [-0.4, -0.2) is 13.2 Å². The highest BCUT2D eigenvalue weighted by Gasteiger charge is 2.43. The summed E-state index contributed by atoms with van der Waals surface area (Å²) < 4.78 is 5.45. The van der Waals surface area contributed by atoms with Crippen molar-refractivity contribution in [3.63, 3.8) is 0 Å². The molecule has 0 aromatic carbocycles. The first-order chi connectivity index (χ1) is 6.09. The molecule has 73 valence electrons. The van der Waals surface area contributed by atoms with Crippen molar-refractivity contribution in [2.24, 2.45) is 0 Å². The van der Waals surface area contributed by atoms with Gasteiger partial charge in [-0.05, 0) is 30.6 Å². The van der Waals surface area contributed by atoms with Crippen LogP contribution >= 0.6 is 0 Å². The molecule has 0 unspecified atom stereocenters. The standard InChI is InChI=1S/C12H19O/c1-6-13-7-12-10(4)8(2)9(3)11(12)5/h6-7H2,1-5H3. The Hall–Kier alpha value is -0.0400. The number of ether oxygens (including phenoxy) is 1. The minimum Gasteiger partial charge on any atom is -0.381 e. The second-order valence-electron chi connectivity index (χ2n) is 3.62. The fourth-order valence-corrected chi connectivity index (χ4v) is 1.72. The van der Waals surface area contributed by atoms with Crippen molar-refractivity contribution in [3.8, 4) is 0 Å². The Morgan fingerprint density at radius 3 is 1.69 bits per heavy atom. The topological polar surface area (TPSA) is 9.23 Å². The molecule has 0 amide bonds. The van der Waals surface area contributed by atoms with Crippen LogP contribution in [0, 0.1) is 29.6 Å². The van der Waals surface area contributed by atoms with Gasteiger partial charge in [0.2, 0.25) is 0 Å². The van der Waals surface area contributed by atoms with E-state index < -0.39 is 0 Å². The molecule has 0 bridgehead atoms. The molecule has 0 N–H and O–H groups in total. The molecule has 1 fully saturated rings. The van der Waals surface area contributed by atoms with Crippen LogP contribution in [0.4, 0.5) is 0 Å². The van der Waals surface area contributed by atoms with E-state index in [1.807, 2.05) is 6.92 Å². The largest absolute Gasteiger partial charge is 0.381 e. The predicted molar refractivity (Wildman–Crippen MR) is 55.4 cm³/mol. The highest BCUT2D eigenvalue weighted by atomic mass is 16.5. The maximum absolute atomic E-state index is 5.45. The van der Waals surface area contributed by atoms with E-state index in [1.54, 1.807) is 0 Å². The third kappa shape index (κ3) is 2.07. The van der Waals surface area contributed by atoms with Crippen molar-refractivity contribution in [2.45, 2.75) is 34.6 Å². The minimum absolute atomic E-state index is 0.767. The molecule has 0 aromatic heterocycles. The van der Waals surface area contributed by atoms with Gasteiger partial charge in [-0.25, -0.2) is 0 Å². The van der Waals surface area contributed by atoms with Gasteiger partial charge in [-0.3, -0.25) is 0 Å². The molecule has 0 heterocycles. The summed E-state index contributed by atoms with van der Waals surface area (Å²) in [4.78, 5) is 0. The lowest BCUT2D eigenvalue weighted by Gasteiger charge is -2.18. The van der Waals surface area contributed by atoms with Gasteiger partial charge in [-0.2, -0.15) is 0 Å². The smallest absolute Gasteiger partial charge is 0.0540 e. The SMILES string of the molecule is CCOC[C]1[C](C)[C](C)[C](C)[C]1C. The molecule has 13 heavy (non-hydrogen) atoms. The molecule has 1 nitrogen and oxygen atoms in total. The summed E-state index contributed by atoms with van der Waals surface area (Å²) >= 11 is 0. The van der Waals surface area contributed by atoms with Gasteiger partial charge < -0.3 is 4.74 Å². The molecule has 0 spiro atoms. The summed E-state index contributed by atoms with van der Waals surface area (Å²) in [5, 5.41) is 0. The van der Waals surface area contributed by atoms with Crippen LogP contribution in [0.5, 0.6) is 0 Å². The maximum Gasteiger partial charge on any atom is 0.0540 e. The van der Waals surface area contributed by atoms with Crippen LogP contribution in [0.15, 0.2) is 0 Å². The lowest BCUT2D eigenvalue weighted by Crippen LogP contribution is -2.14. The molecular formula is C12H19O. The third-order valence-corrected chi connectivity index (χ3v) is 3.04. The lowest BCUT2D eigenvalue weighted by atomic mass is 9.90. The van der Waals surface area contributed by atoms with E-state index in [-0.39, 0.29) is 0 Å². The number of hydrogen-bond donors (Lipinski definition) is 0. The van der Waals surface area contributed by atoms with Crippen molar-refractivity contribution in [1.82, 2.24) is 0 Å². The highest BCUT2D eigenvalue weighted by molar-refractivity contribution is 5.59. The van der Waals surface area contributed by atoms with Gasteiger partial charge in [0.15, 0.2) is 0 Å². The average Bonchev–Trinajstić information content (AvgIpc) is 2.30. The van der Waals surface area contributed by atoms with Crippen LogP contribution in [0.3, 0.4) is 0 Å². The van der Waals surface area contributed by atoms with Gasteiger partial charge in [-0.1, -0.05) is 27.7 Å². The van der Waals surface area contributed by atoms with Crippen LogP contribution in [0.1, 0.15) is 34.6 Å². The van der Waals surface area contributed by atoms with Gasteiger partial charge in [-0.15, -0.1) is 0 Å². The molecule has 1 aliphatic carbocycles. The van der Waals surface area contributed by atoms with E-state index in [0.717, 1.165) is 13.2 Å². The second kappa shape index (κ2) is 4.45. The summed E-state index contributed by atoms with van der Waals surface area (Å²) in [6.07, 6.45) is 0. The summed E-state index contributed by atoms with van der Waals surface area (Å²) in [7, 11) is 0. The zero-order chi connectivity index (χ0) is 10.0. The first-order valence-corrected chi connectivity index (χ1v) is 4.89. The monoisotopic (exact) mass is 179 g/mol. The molecule has 0 aliphatic heterocycles. The summed E-state index contributed by atoms with van der Waals surface area (Å²) in [5.74, 6) is 7.04. The minimum atomic E-state index is 0.767. The molecule has 1 aliphatic rings. The van der Waals surface area contributed by atoms with E-state index in [2.05, 4.69) is 27.7 Å². The van der Waals surface area contributed by atoms with Crippen molar-refractivity contribution in [3.05, 3.63) is 29.6 Å². The zero-order valence-electron chi connectivity index (χ0n) is 9.32. The quantitative estimate of drug-likeness (QED) is 0.647. The van der Waals surface area contributed by atoms with Crippen LogP contribution < -0.4 is 0 Å². The Morgan fingerprint density at radius 1 is 0.846 bits per heavy atom. The first kappa shape index (κ1) is 11.0. The molecule has 5 radical (unpaired) electrons. The predicted octanol–water partition coefficient (Wildman–Crippen LogP) is 2.99. The van der Waals surface area contributed by atoms with Crippen molar-refractivity contribution >= 4 is 0 Å². The van der Waals surface area contributed by atoms with Gasteiger partial charge in [0.1, 0.15) is 0 Å². The fourth-order valence-electron chi connectivity index (χ4n) is 1.72. The van der Waals surface area contributed by atoms with Gasteiger partial charge in [0.25, 0.3) is 0 Å². The highest BCUT2D eigenvalue weighted by Crippen LogP contribution is 2.51. The van der Waals surface area contributed by atoms with E-state index in [4.69, 9.17) is 4.74 Å². The fraction of sp³-hybridized carbons (Fsp3) is 0.583. The normalized spacial score (nSPS) is 24.7. The number of rotatable bonds is 3. The lowest BCUT2D eigenvalue weighted by molar-refractivity contribution is 0.159. The third-order valence-electron chi connectivity index (χ3n) is 3.04. The Kier molecular flexibility index (Phi) is 3.78. The Balaban J connectivity index is 2.53. The molecule has 0 atom stereocenters. The first-order valence-electron chi connectivity index (χ1n) is 4.89. The molecule has 0 saturated heterocycles. The van der Waals surface area contributed by atoms with E-state index in [0.29, 0.717) is 0 Å². The van der Waals surface area contributed by atoms with Crippen LogP contribution in [0.2, 0.25) is 0 Å². The molecule has 1 heteroatoms. The van der Waals surface area contributed by atoms with Crippen LogP contribution in [-0.2, 0) is 4.74 Å². The number of hydrogen-bond acceptors (Lipinski definition) is 1. The van der Waals surface area contributed by atoms with Gasteiger partial charge in [0.05, 0.1) is 6.61 Å². The average molecular weight is 179 g/mol. The zero-order valence-corrected chi connectivity index (χ0v) is 9.32. The Labute approximate surface area is 82.9 Å². The van der Waals surface area contributed by atoms with Crippen LogP contribution in [0.25, 0.3) is 0 Å².